The van der Waals surface area contributed by atoms with Crippen LogP contribution < -0.4 is 9.62 Å². The molecule has 3 rings (SSSR count). The number of esters is 1. The van der Waals surface area contributed by atoms with Crippen molar-refractivity contribution in [1.82, 2.24) is 0 Å². The van der Waals surface area contributed by atoms with Gasteiger partial charge in [0.2, 0.25) is 0 Å². The molecule has 8 heteroatoms. The van der Waals surface area contributed by atoms with E-state index in [9.17, 15) is 18.0 Å². The summed E-state index contributed by atoms with van der Waals surface area (Å²) in [5, 5.41) is 2.70. The summed E-state index contributed by atoms with van der Waals surface area (Å²) in [4.78, 5) is 24.0. The molecule has 7 nitrogen and oxygen atoms in total. The third-order valence-corrected chi connectivity index (χ3v) is 6.26. The van der Waals surface area contributed by atoms with Crippen LogP contribution in [0.15, 0.2) is 83.8 Å². The topological polar surface area (TPSA) is 92.8 Å². The van der Waals surface area contributed by atoms with Gasteiger partial charge in [-0.1, -0.05) is 18.2 Å². The summed E-state index contributed by atoms with van der Waals surface area (Å²) < 4.78 is 31.4. The van der Waals surface area contributed by atoms with Crippen LogP contribution in [0.5, 0.6) is 0 Å². The molecule has 0 radical (unpaired) electrons. The lowest BCUT2D eigenvalue weighted by molar-refractivity contribution is 0.0600. The predicted octanol–water partition coefficient (Wildman–Crippen LogP) is 3.55. The van der Waals surface area contributed by atoms with Crippen LogP contribution in [-0.2, 0) is 14.8 Å². The molecule has 0 unspecified atom stereocenters. The van der Waals surface area contributed by atoms with Gasteiger partial charge in [0.15, 0.2) is 0 Å². The van der Waals surface area contributed by atoms with Gasteiger partial charge in [0.25, 0.3) is 15.9 Å². The Morgan fingerprint density at radius 2 is 1.40 bits per heavy atom. The first-order valence-electron chi connectivity index (χ1n) is 8.96. The molecule has 0 aliphatic rings. The molecule has 0 heterocycles. The Morgan fingerprint density at radius 3 is 1.97 bits per heavy atom. The molecule has 0 aromatic heterocycles. The minimum atomic E-state index is -3.75. The zero-order valence-corrected chi connectivity index (χ0v) is 17.2. The number of amides is 1. The van der Waals surface area contributed by atoms with Crippen molar-refractivity contribution in [2.45, 2.75) is 4.90 Å². The average Bonchev–Trinajstić information content (AvgIpc) is 2.79. The van der Waals surface area contributed by atoms with E-state index >= 15 is 0 Å². The van der Waals surface area contributed by atoms with E-state index in [1.807, 2.05) is 0 Å². The molecule has 3 aromatic rings. The minimum Gasteiger partial charge on any atom is -0.465 e. The van der Waals surface area contributed by atoms with Crippen molar-refractivity contribution >= 4 is 33.3 Å². The molecule has 154 valence electrons. The number of rotatable bonds is 6. The molecule has 0 aliphatic carbocycles. The van der Waals surface area contributed by atoms with E-state index in [1.165, 1.54) is 54.9 Å². The van der Waals surface area contributed by atoms with Gasteiger partial charge in [0.1, 0.15) is 0 Å². The van der Waals surface area contributed by atoms with Crippen LogP contribution in [0.3, 0.4) is 0 Å². The van der Waals surface area contributed by atoms with Crippen molar-refractivity contribution in [3.63, 3.8) is 0 Å². The largest absolute Gasteiger partial charge is 0.465 e. The number of sulfonamides is 1. The molecule has 0 atom stereocenters. The summed E-state index contributed by atoms with van der Waals surface area (Å²) >= 11 is 0. The monoisotopic (exact) mass is 424 g/mol. The quantitative estimate of drug-likeness (QED) is 0.611. The number of nitrogens with zero attached hydrogens (tertiary/aromatic N) is 1. The lowest BCUT2D eigenvalue weighted by Gasteiger charge is -2.19. The maximum Gasteiger partial charge on any atom is 0.337 e. The number of ether oxygens (including phenoxy) is 1. The van der Waals surface area contributed by atoms with Gasteiger partial charge in [0.05, 0.1) is 23.3 Å². The smallest absolute Gasteiger partial charge is 0.337 e. The first-order valence-corrected chi connectivity index (χ1v) is 10.4. The Labute approximate surface area is 175 Å². The minimum absolute atomic E-state index is 0.0767. The molecule has 1 N–H and O–H groups in total. The van der Waals surface area contributed by atoms with E-state index in [2.05, 4.69) is 10.1 Å². The predicted molar refractivity (Wildman–Crippen MR) is 114 cm³/mol. The molecule has 30 heavy (non-hydrogen) atoms. The Hall–Kier alpha value is -3.65. The van der Waals surface area contributed by atoms with Crippen molar-refractivity contribution in [2.24, 2.45) is 0 Å². The van der Waals surface area contributed by atoms with Crippen LogP contribution in [0.25, 0.3) is 0 Å². The number of nitrogens with one attached hydrogen (secondary N) is 1. The van der Waals surface area contributed by atoms with Gasteiger partial charge < -0.3 is 10.1 Å². The molecule has 3 aromatic carbocycles. The Kier molecular flexibility index (Phi) is 6.17. The molecule has 0 aliphatic heterocycles. The van der Waals surface area contributed by atoms with Crippen LogP contribution in [0.2, 0.25) is 0 Å². The third-order valence-electron chi connectivity index (χ3n) is 4.46. The fraction of sp³-hybridized carbons (Fsp3) is 0.0909. The fourth-order valence-corrected chi connectivity index (χ4v) is 3.92. The maximum atomic E-state index is 12.8. The van der Waals surface area contributed by atoms with Crippen LogP contribution in [0, 0.1) is 0 Å². The van der Waals surface area contributed by atoms with E-state index in [-0.39, 0.29) is 4.90 Å². The second-order valence-corrected chi connectivity index (χ2v) is 8.32. The van der Waals surface area contributed by atoms with Crippen molar-refractivity contribution in [2.75, 3.05) is 23.8 Å². The van der Waals surface area contributed by atoms with Gasteiger partial charge in [-0.2, -0.15) is 0 Å². The number of benzene rings is 3. The van der Waals surface area contributed by atoms with Crippen LogP contribution in [0.1, 0.15) is 20.7 Å². The van der Waals surface area contributed by atoms with Crippen molar-refractivity contribution in [1.29, 1.82) is 0 Å². The van der Waals surface area contributed by atoms with Gasteiger partial charge >= 0.3 is 5.97 Å². The standard InChI is InChI=1S/C22H20N2O5S/c1-24(19-6-4-3-5-7-19)30(27,28)20-14-10-16(11-15-20)21(25)23-18-12-8-17(9-13-18)22(26)29-2/h3-15H,1-2H3,(H,23,25). The summed E-state index contributed by atoms with van der Waals surface area (Å²) in [5.74, 6) is -0.869. The van der Waals surface area contributed by atoms with E-state index in [0.29, 0.717) is 22.5 Å². The molecule has 0 bridgehead atoms. The van der Waals surface area contributed by atoms with Crippen LogP contribution in [-0.4, -0.2) is 34.5 Å². The number of methoxy groups -OCH3 is 1. The average molecular weight is 424 g/mol. The van der Waals surface area contributed by atoms with Gasteiger partial charge in [-0.05, 0) is 60.7 Å². The normalized spacial score (nSPS) is 10.9. The zero-order chi connectivity index (χ0) is 21.7. The van der Waals surface area contributed by atoms with Crippen molar-refractivity contribution < 1.29 is 22.7 Å². The lowest BCUT2D eigenvalue weighted by Crippen LogP contribution is -2.26. The number of anilines is 2. The van der Waals surface area contributed by atoms with Crippen LogP contribution >= 0.6 is 0 Å². The maximum absolute atomic E-state index is 12.8. The van der Waals surface area contributed by atoms with Crippen molar-refractivity contribution in [3.05, 3.63) is 90.0 Å². The van der Waals surface area contributed by atoms with Gasteiger partial charge in [-0.25, -0.2) is 13.2 Å². The Balaban J connectivity index is 1.73. The summed E-state index contributed by atoms with van der Waals surface area (Å²) in [6.45, 7) is 0. The molecular formula is C22H20N2O5S. The Morgan fingerprint density at radius 1 is 0.833 bits per heavy atom. The molecule has 0 saturated carbocycles. The SMILES string of the molecule is COC(=O)c1ccc(NC(=O)c2ccc(S(=O)(=O)N(C)c3ccccc3)cc2)cc1. The Bertz CT molecular complexity index is 1140. The molecule has 0 saturated heterocycles. The summed E-state index contributed by atoms with van der Waals surface area (Å²) in [7, 11) is -0.984. The summed E-state index contributed by atoms with van der Waals surface area (Å²) in [6.07, 6.45) is 0. The second kappa shape index (κ2) is 8.79. The van der Waals surface area contributed by atoms with Gasteiger partial charge in [-0.3, -0.25) is 9.10 Å². The van der Waals surface area contributed by atoms with Crippen LogP contribution in [0.4, 0.5) is 11.4 Å². The highest BCUT2D eigenvalue weighted by Gasteiger charge is 2.21. The summed E-state index contributed by atoms with van der Waals surface area (Å²) in [6, 6.07) is 20.6. The van der Waals surface area contributed by atoms with E-state index in [4.69, 9.17) is 0 Å². The molecule has 0 spiro atoms. The number of hydrogen-bond acceptors (Lipinski definition) is 5. The molecule has 1 amide bonds. The van der Waals surface area contributed by atoms with Gasteiger partial charge in [0, 0.05) is 18.3 Å². The number of para-hydroxylation sites is 1. The van der Waals surface area contributed by atoms with E-state index in [1.54, 1.807) is 42.5 Å². The first kappa shape index (κ1) is 21.1. The molecular weight excluding hydrogens is 404 g/mol. The lowest BCUT2D eigenvalue weighted by atomic mass is 10.2. The second-order valence-electron chi connectivity index (χ2n) is 6.36. The highest BCUT2D eigenvalue weighted by Crippen LogP contribution is 2.22. The summed E-state index contributed by atoms with van der Waals surface area (Å²) in [5.41, 5.74) is 1.70. The third kappa shape index (κ3) is 4.49. The number of carbonyl (C=O) groups is 2. The highest BCUT2D eigenvalue weighted by molar-refractivity contribution is 7.92. The number of carbonyl (C=O) groups excluding carboxylic acids is 2. The van der Waals surface area contributed by atoms with Gasteiger partial charge in [-0.15, -0.1) is 0 Å². The molecule has 0 fully saturated rings. The van der Waals surface area contributed by atoms with Crippen molar-refractivity contribution in [3.8, 4) is 0 Å². The first-order chi connectivity index (χ1) is 14.3. The van der Waals surface area contributed by atoms with E-state index < -0.39 is 21.9 Å². The zero-order valence-electron chi connectivity index (χ0n) is 16.4. The highest BCUT2D eigenvalue weighted by atomic mass is 32.2. The number of hydrogen-bond donors (Lipinski definition) is 1. The van der Waals surface area contributed by atoms with E-state index in [0.717, 1.165) is 0 Å². The fourth-order valence-electron chi connectivity index (χ4n) is 2.72.